The minimum absolute atomic E-state index is 0.0620. The molecule has 0 aliphatic rings. The molecule has 2 rings (SSSR count). The number of nitrogens with zero attached hydrogens (tertiary/aromatic N) is 3. The van der Waals surface area contributed by atoms with Crippen molar-refractivity contribution in [3.8, 4) is 12.0 Å². The van der Waals surface area contributed by atoms with Crippen LogP contribution >= 0.6 is 0 Å². The van der Waals surface area contributed by atoms with Crippen LogP contribution < -0.4 is 20.5 Å². The fraction of sp³-hybridized carbons (Fsp3) is 0.308. The van der Waals surface area contributed by atoms with E-state index in [2.05, 4.69) is 20.3 Å². The van der Waals surface area contributed by atoms with Crippen LogP contribution in [0.1, 0.15) is 18.5 Å². The van der Waals surface area contributed by atoms with Crippen molar-refractivity contribution < 1.29 is 9.47 Å². The highest BCUT2D eigenvalue weighted by Crippen LogP contribution is 2.23. The molecule has 7 heteroatoms. The minimum atomic E-state index is -0.0620. The summed E-state index contributed by atoms with van der Waals surface area (Å²) in [6, 6.07) is 7.93. The van der Waals surface area contributed by atoms with Gasteiger partial charge in [0.1, 0.15) is 0 Å². The molecule has 0 saturated carbocycles. The van der Waals surface area contributed by atoms with Crippen molar-refractivity contribution in [3.05, 3.63) is 29.8 Å². The van der Waals surface area contributed by atoms with E-state index in [4.69, 9.17) is 15.2 Å². The van der Waals surface area contributed by atoms with Gasteiger partial charge in [-0.2, -0.15) is 9.97 Å². The topological polar surface area (TPSA) is 95.2 Å². The Morgan fingerprint density at radius 2 is 1.65 bits per heavy atom. The number of nitrogens with one attached hydrogen (secondary N) is 1. The lowest BCUT2D eigenvalue weighted by atomic mass is 10.1. The van der Waals surface area contributed by atoms with Crippen molar-refractivity contribution in [2.75, 3.05) is 25.3 Å². The number of benzene rings is 1. The molecule has 0 aliphatic carbocycles. The van der Waals surface area contributed by atoms with E-state index in [1.54, 1.807) is 0 Å². The van der Waals surface area contributed by atoms with E-state index in [1.807, 2.05) is 31.2 Å². The Hall–Kier alpha value is -2.57. The van der Waals surface area contributed by atoms with E-state index >= 15 is 0 Å². The Labute approximate surface area is 117 Å². The molecule has 1 aromatic heterocycles. The Bertz CT molecular complexity index is 568. The first-order chi connectivity index (χ1) is 9.63. The van der Waals surface area contributed by atoms with Gasteiger partial charge in [-0.25, -0.2) is 0 Å². The number of ether oxygens (including phenoxy) is 2. The highest BCUT2D eigenvalue weighted by molar-refractivity contribution is 5.50. The van der Waals surface area contributed by atoms with Gasteiger partial charge in [-0.05, 0) is 18.6 Å². The van der Waals surface area contributed by atoms with Gasteiger partial charge in [0.15, 0.2) is 0 Å². The maximum Gasteiger partial charge on any atom is 0.324 e. The molecule has 0 aliphatic heterocycles. The third kappa shape index (κ3) is 3.05. The van der Waals surface area contributed by atoms with E-state index in [0.717, 1.165) is 5.56 Å². The molecule has 1 unspecified atom stereocenters. The molecule has 1 heterocycles. The average molecular weight is 275 g/mol. The number of aromatic nitrogens is 3. The molecule has 0 radical (unpaired) electrons. The van der Waals surface area contributed by atoms with Gasteiger partial charge in [-0.3, -0.25) is 0 Å². The molecule has 0 saturated heterocycles. The highest BCUT2D eigenvalue weighted by Gasteiger charge is 2.12. The molecule has 0 amide bonds. The fourth-order valence-electron chi connectivity index (χ4n) is 1.76. The van der Waals surface area contributed by atoms with Crippen LogP contribution in [-0.2, 0) is 0 Å². The first kappa shape index (κ1) is 13.9. The molecular formula is C13H17N5O2. The van der Waals surface area contributed by atoms with Gasteiger partial charge in [0.2, 0.25) is 5.95 Å². The summed E-state index contributed by atoms with van der Waals surface area (Å²) < 4.78 is 10.0. The van der Waals surface area contributed by atoms with E-state index in [0.29, 0.717) is 11.6 Å². The van der Waals surface area contributed by atoms with Crippen molar-refractivity contribution in [1.82, 2.24) is 15.0 Å². The Morgan fingerprint density at radius 3 is 2.20 bits per heavy atom. The number of anilines is 2. The first-order valence-electron chi connectivity index (χ1n) is 6.09. The van der Waals surface area contributed by atoms with E-state index < -0.39 is 0 Å². The van der Waals surface area contributed by atoms with Crippen LogP contribution in [-0.4, -0.2) is 29.2 Å². The van der Waals surface area contributed by atoms with Crippen LogP contribution in [0.2, 0.25) is 0 Å². The number of hydrogen-bond donors (Lipinski definition) is 2. The molecule has 106 valence electrons. The molecule has 3 N–H and O–H groups in total. The van der Waals surface area contributed by atoms with Gasteiger partial charge in [-0.15, -0.1) is 4.98 Å². The lowest BCUT2D eigenvalue weighted by molar-refractivity contribution is 0.341. The molecule has 7 nitrogen and oxygen atoms in total. The summed E-state index contributed by atoms with van der Waals surface area (Å²) in [5.74, 6) is 0.365. The van der Waals surface area contributed by atoms with Crippen LogP contribution in [0.15, 0.2) is 24.3 Å². The van der Waals surface area contributed by atoms with Crippen molar-refractivity contribution >= 4 is 11.6 Å². The summed E-state index contributed by atoms with van der Waals surface area (Å²) in [5.41, 5.74) is 7.62. The number of rotatable bonds is 5. The number of hydrogen-bond acceptors (Lipinski definition) is 7. The zero-order chi connectivity index (χ0) is 14.5. The molecule has 2 aromatic rings. The average Bonchev–Trinajstić information content (AvgIpc) is 2.47. The van der Waals surface area contributed by atoms with Crippen LogP contribution in [0.4, 0.5) is 11.6 Å². The van der Waals surface area contributed by atoms with Crippen LogP contribution in [0, 0.1) is 0 Å². The number of para-hydroxylation sites is 1. The Morgan fingerprint density at radius 1 is 1.05 bits per heavy atom. The summed E-state index contributed by atoms with van der Waals surface area (Å²) in [7, 11) is 2.97. The Balaban J connectivity index is 2.23. The third-order valence-corrected chi connectivity index (χ3v) is 2.77. The molecule has 0 spiro atoms. The van der Waals surface area contributed by atoms with Crippen molar-refractivity contribution in [2.24, 2.45) is 0 Å². The summed E-state index contributed by atoms with van der Waals surface area (Å²) in [5, 5.41) is 3.15. The second-order valence-corrected chi connectivity index (χ2v) is 4.13. The second kappa shape index (κ2) is 6.05. The van der Waals surface area contributed by atoms with Gasteiger partial charge >= 0.3 is 12.0 Å². The minimum Gasteiger partial charge on any atom is -0.467 e. The summed E-state index contributed by atoms with van der Waals surface area (Å²) in [4.78, 5) is 12.2. The molecule has 20 heavy (non-hydrogen) atoms. The fourth-order valence-corrected chi connectivity index (χ4v) is 1.76. The molecule has 1 atom stereocenters. The summed E-state index contributed by atoms with van der Waals surface area (Å²) in [6.45, 7) is 1.97. The van der Waals surface area contributed by atoms with Gasteiger partial charge in [0, 0.05) is 5.69 Å². The maximum atomic E-state index is 5.94. The molecule has 1 aromatic carbocycles. The highest BCUT2D eigenvalue weighted by atomic mass is 16.5. The summed E-state index contributed by atoms with van der Waals surface area (Å²) in [6.07, 6.45) is 0. The monoisotopic (exact) mass is 275 g/mol. The third-order valence-electron chi connectivity index (χ3n) is 2.77. The van der Waals surface area contributed by atoms with Crippen molar-refractivity contribution in [1.29, 1.82) is 0 Å². The van der Waals surface area contributed by atoms with Crippen molar-refractivity contribution in [2.45, 2.75) is 13.0 Å². The predicted octanol–water partition coefficient (Wildman–Crippen LogP) is 1.64. The van der Waals surface area contributed by atoms with Crippen LogP contribution in [0.5, 0.6) is 12.0 Å². The quantitative estimate of drug-likeness (QED) is 0.801. The van der Waals surface area contributed by atoms with Crippen molar-refractivity contribution in [3.63, 3.8) is 0 Å². The zero-order valence-corrected chi connectivity index (χ0v) is 11.6. The smallest absolute Gasteiger partial charge is 0.324 e. The van der Waals surface area contributed by atoms with Crippen LogP contribution in [0.25, 0.3) is 0 Å². The number of methoxy groups -OCH3 is 2. The maximum absolute atomic E-state index is 5.94. The van der Waals surface area contributed by atoms with E-state index in [9.17, 15) is 0 Å². The summed E-state index contributed by atoms with van der Waals surface area (Å²) >= 11 is 0. The van der Waals surface area contributed by atoms with E-state index in [1.165, 1.54) is 14.2 Å². The number of nitrogen functional groups attached to an aromatic ring is 1. The first-order valence-corrected chi connectivity index (χ1v) is 6.09. The standard InChI is InChI=1S/C13H17N5O2/c1-8(9-6-4-5-7-10(9)14)15-11-16-12(19-2)18-13(17-11)20-3/h4-8H,14H2,1-3H3,(H,15,16,17,18). The lowest BCUT2D eigenvalue weighted by Crippen LogP contribution is -2.12. The normalized spacial score (nSPS) is 11.8. The van der Waals surface area contributed by atoms with Gasteiger partial charge < -0.3 is 20.5 Å². The zero-order valence-electron chi connectivity index (χ0n) is 11.6. The molecular weight excluding hydrogens is 258 g/mol. The van der Waals surface area contributed by atoms with Gasteiger partial charge in [-0.1, -0.05) is 18.2 Å². The molecule has 0 bridgehead atoms. The van der Waals surface area contributed by atoms with Crippen LogP contribution in [0.3, 0.4) is 0 Å². The SMILES string of the molecule is COc1nc(NC(C)c2ccccc2N)nc(OC)n1. The second-order valence-electron chi connectivity index (χ2n) is 4.13. The Kier molecular flexibility index (Phi) is 4.19. The predicted molar refractivity (Wildman–Crippen MR) is 75.8 cm³/mol. The van der Waals surface area contributed by atoms with Gasteiger partial charge in [0.25, 0.3) is 0 Å². The molecule has 0 fully saturated rings. The lowest BCUT2D eigenvalue weighted by Gasteiger charge is -2.16. The van der Waals surface area contributed by atoms with Gasteiger partial charge in [0.05, 0.1) is 20.3 Å². The largest absolute Gasteiger partial charge is 0.467 e. The van der Waals surface area contributed by atoms with E-state index in [-0.39, 0.29) is 18.1 Å². The number of nitrogens with two attached hydrogens (primary N) is 1.